The van der Waals surface area contributed by atoms with E-state index in [1.807, 2.05) is 0 Å². The van der Waals surface area contributed by atoms with Gasteiger partial charge in [0.1, 0.15) is 5.69 Å². The zero-order valence-corrected chi connectivity index (χ0v) is 13.7. The number of aromatic nitrogens is 2. The Bertz CT molecular complexity index is 573. The van der Waals surface area contributed by atoms with Gasteiger partial charge in [-0.25, -0.2) is 0 Å². The van der Waals surface area contributed by atoms with Crippen LogP contribution in [-0.2, 0) is 6.54 Å². The molecule has 0 amide bonds. The lowest BCUT2D eigenvalue weighted by Crippen LogP contribution is -2.41. The van der Waals surface area contributed by atoms with Crippen molar-refractivity contribution in [3.8, 4) is 5.88 Å². The van der Waals surface area contributed by atoms with Crippen molar-refractivity contribution < 1.29 is 4.74 Å². The molecule has 1 N–H and O–H groups in total. The summed E-state index contributed by atoms with van der Waals surface area (Å²) in [6.07, 6.45) is 6.14. The molecular formula is C15H24N4OS. The average Bonchev–Trinajstić information content (AvgIpc) is 3.06. The third kappa shape index (κ3) is 3.39. The first-order valence-electron chi connectivity index (χ1n) is 7.72. The zero-order chi connectivity index (χ0) is 14.7. The lowest BCUT2D eigenvalue weighted by molar-refractivity contribution is 0.208. The standard InChI is InChI=1S/C15H24N4OS/c1-12(11-18-6-4-3-5-7-18)16-10-13-14(20-2)17-15-19(13)8-9-21-15/h8-9,12,16H,3-7,10-11H2,1-2H3. The Morgan fingerprint density at radius 3 is 2.95 bits per heavy atom. The average molecular weight is 308 g/mol. The van der Waals surface area contributed by atoms with Gasteiger partial charge in [-0.3, -0.25) is 4.40 Å². The third-order valence-electron chi connectivity index (χ3n) is 4.12. The Balaban J connectivity index is 1.58. The largest absolute Gasteiger partial charge is 0.480 e. The van der Waals surface area contributed by atoms with E-state index in [1.165, 1.54) is 32.4 Å². The molecule has 0 radical (unpaired) electrons. The van der Waals surface area contributed by atoms with Crippen LogP contribution in [-0.4, -0.2) is 47.1 Å². The fourth-order valence-corrected chi connectivity index (χ4v) is 3.73. The highest BCUT2D eigenvalue weighted by molar-refractivity contribution is 7.15. The minimum Gasteiger partial charge on any atom is -0.480 e. The highest BCUT2D eigenvalue weighted by atomic mass is 32.1. The summed E-state index contributed by atoms with van der Waals surface area (Å²) >= 11 is 1.64. The summed E-state index contributed by atoms with van der Waals surface area (Å²) in [5.41, 5.74) is 1.11. The van der Waals surface area contributed by atoms with Crippen molar-refractivity contribution >= 4 is 16.3 Å². The van der Waals surface area contributed by atoms with Crippen molar-refractivity contribution in [3.05, 3.63) is 17.3 Å². The molecule has 1 atom stereocenters. The van der Waals surface area contributed by atoms with Gasteiger partial charge >= 0.3 is 0 Å². The van der Waals surface area contributed by atoms with E-state index in [1.54, 1.807) is 18.4 Å². The van der Waals surface area contributed by atoms with E-state index in [0.29, 0.717) is 6.04 Å². The maximum atomic E-state index is 5.40. The van der Waals surface area contributed by atoms with Crippen LogP contribution in [0.2, 0.25) is 0 Å². The van der Waals surface area contributed by atoms with Gasteiger partial charge in [0.25, 0.3) is 0 Å². The Labute approximate surface area is 129 Å². The number of nitrogens with one attached hydrogen (secondary N) is 1. The molecule has 116 valence electrons. The highest BCUT2D eigenvalue weighted by Crippen LogP contribution is 2.23. The third-order valence-corrected chi connectivity index (χ3v) is 4.87. The molecule has 5 nitrogen and oxygen atoms in total. The Hall–Kier alpha value is -1.11. The van der Waals surface area contributed by atoms with Crippen LogP contribution in [0.25, 0.3) is 4.96 Å². The number of ether oxygens (including phenoxy) is 1. The van der Waals surface area contributed by atoms with E-state index in [2.05, 4.69) is 38.1 Å². The number of piperidine rings is 1. The SMILES string of the molecule is COc1nc2sccn2c1CNC(C)CN1CCCCC1. The molecule has 0 spiro atoms. The number of thiazole rings is 1. The molecule has 1 aliphatic heterocycles. The molecule has 2 aromatic heterocycles. The highest BCUT2D eigenvalue weighted by Gasteiger charge is 2.16. The van der Waals surface area contributed by atoms with Crippen LogP contribution >= 0.6 is 11.3 Å². The van der Waals surface area contributed by atoms with Crippen molar-refractivity contribution in [2.75, 3.05) is 26.7 Å². The van der Waals surface area contributed by atoms with Crippen LogP contribution in [0, 0.1) is 0 Å². The van der Waals surface area contributed by atoms with Crippen molar-refractivity contribution in [2.45, 2.75) is 38.8 Å². The van der Waals surface area contributed by atoms with Crippen molar-refractivity contribution in [2.24, 2.45) is 0 Å². The fourth-order valence-electron chi connectivity index (χ4n) is 3.00. The number of imidazole rings is 1. The monoisotopic (exact) mass is 308 g/mol. The molecule has 0 bridgehead atoms. The van der Waals surface area contributed by atoms with E-state index >= 15 is 0 Å². The van der Waals surface area contributed by atoms with E-state index in [9.17, 15) is 0 Å². The molecule has 0 aromatic carbocycles. The van der Waals surface area contributed by atoms with Crippen LogP contribution in [0.1, 0.15) is 31.9 Å². The molecule has 1 fully saturated rings. The topological polar surface area (TPSA) is 41.8 Å². The van der Waals surface area contributed by atoms with Gasteiger partial charge in [-0.15, -0.1) is 11.3 Å². The van der Waals surface area contributed by atoms with Gasteiger partial charge in [-0.1, -0.05) is 6.42 Å². The van der Waals surface area contributed by atoms with Gasteiger partial charge in [0.15, 0.2) is 4.96 Å². The number of likely N-dealkylation sites (tertiary alicyclic amines) is 1. The molecule has 1 unspecified atom stereocenters. The lowest BCUT2D eigenvalue weighted by atomic mass is 10.1. The fraction of sp³-hybridized carbons (Fsp3) is 0.667. The number of methoxy groups -OCH3 is 1. The summed E-state index contributed by atoms with van der Waals surface area (Å²) in [5.74, 6) is 0.736. The molecule has 1 saturated heterocycles. The first kappa shape index (κ1) is 14.8. The molecule has 2 aromatic rings. The van der Waals surface area contributed by atoms with Crippen LogP contribution in [0.5, 0.6) is 5.88 Å². The second-order valence-corrected chi connectivity index (χ2v) is 6.64. The van der Waals surface area contributed by atoms with Gasteiger partial charge in [-0.2, -0.15) is 4.98 Å². The molecule has 1 aliphatic rings. The second kappa shape index (κ2) is 6.77. The molecule has 0 aliphatic carbocycles. The van der Waals surface area contributed by atoms with Gasteiger partial charge in [0.05, 0.1) is 7.11 Å². The van der Waals surface area contributed by atoms with Gasteiger partial charge in [0.2, 0.25) is 5.88 Å². The van der Waals surface area contributed by atoms with Crippen molar-refractivity contribution in [1.29, 1.82) is 0 Å². The van der Waals surface area contributed by atoms with Crippen LogP contribution in [0.4, 0.5) is 0 Å². The lowest BCUT2D eigenvalue weighted by Gasteiger charge is -2.29. The van der Waals surface area contributed by atoms with E-state index in [-0.39, 0.29) is 0 Å². The normalized spacial score (nSPS) is 18.2. The first-order chi connectivity index (χ1) is 10.3. The summed E-state index contributed by atoms with van der Waals surface area (Å²) in [6, 6.07) is 0.469. The first-order valence-corrected chi connectivity index (χ1v) is 8.60. The maximum absolute atomic E-state index is 5.40. The van der Waals surface area contributed by atoms with E-state index < -0.39 is 0 Å². The molecule has 3 rings (SSSR count). The molecular weight excluding hydrogens is 284 g/mol. The van der Waals surface area contributed by atoms with Gasteiger partial charge in [-0.05, 0) is 32.9 Å². The van der Waals surface area contributed by atoms with E-state index in [0.717, 1.165) is 29.6 Å². The van der Waals surface area contributed by atoms with Gasteiger partial charge in [0, 0.05) is 30.7 Å². The van der Waals surface area contributed by atoms with E-state index in [4.69, 9.17) is 4.74 Å². The Morgan fingerprint density at radius 2 is 2.19 bits per heavy atom. The predicted octanol–water partition coefficient (Wildman–Crippen LogP) is 2.37. The number of hydrogen-bond acceptors (Lipinski definition) is 5. The van der Waals surface area contributed by atoms with Crippen LogP contribution in [0.15, 0.2) is 11.6 Å². The number of nitrogens with zero attached hydrogens (tertiary/aromatic N) is 3. The summed E-state index contributed by atoms with van der Waals surface area (Å²) in [5, 5.41) is 5.67. The minimum atomic E-state index is 0.469. The second-order valence-electron chi connectivity index (χ2n) is 5.77. The quantitative estimate of drug-likeness (QED) is 0.889. The zero-order valence-electron chi connectivity index (χ0n) is 12.8. The number of hydrogen-bond donors (Lipinski definition) is 1. The smallest absolute Gasteiger partial charge is 0.237 e. The summed E-state index contributed by atoms with van der Waals surface area (Å²) < 4.78 is 7.51. The predicted molar refractivity (Wildman–Crippen MR) is 86.2 cm³/mol. The molecule has 6 heteroatoms. The maximum Gasteiger partial charge on any atom is 0.237 e. The van der Waals surface area contributed by atoms with Crippen molar-refractivity contribution in [1.82, 2.24) is 19.6 Å². The Morgan fingerprint density at radius 1 is 1.38 bits per heavy atom. The number of rotatable bonds is 6. The van der Waals surface area contributed by atoms with Crippen molar-refractivity contribution in [3.63, 3.8) is 0 Å². The molecule has 3 heterocycles. The summed E-state index contributed by atoms with van der Waals surface area (Å²) in [6.45, 7) is 6.66. The molecule has 0 saturated carbocycles. The molecule has 21 heavy (non-hydrogen) atoms. The van der Waals surface area contributed by atoms with Crippen LogP contribution in [0.3, 0.4) is 0 Å². The van der Waals surface area contributed by atoms with Gasteiger partial charge < -0.3 is 15.0 Å². The minimum absolute atomic E-state index is 0.469. The van der Waals surface area contributed by atoms with Crippen LogP contribution < -0.4 is 10.1 Å². The summed E-state index contributed by atoms with van der Waals surface area (Å²) in [7, 11) is 1.69. The Kier molecular flexibility index (Phi) is 4.77. The number of fused-ring (bicyclic) bond motifs is 1. The summed E-state index contributed by atoms with van der Waals surface area (Å²) in [4.78, 5) is 8.05.